The molecule has 0 atom stereocenters. The molecule has 1 aromatic rings. The molecular weight excluding hydrogens is 330 g/mol. The maximum absolute atomic E-state index is 13.7. The molecule has 20 heavy (non-hydrogen) atoms. The zero-order valence-corrected chi connectivity index (χ0v) is 12.6. The number of halogens is 3. The van der Waals surface area contributed by atoms with E-state index in [-0.39, 0.29) is 17.5 Å². The first-order valence-corrected chi connectivity index (χ1v) is 7.46. The van der Waals surface area contributed by atoms with E-state index in [9.17, 15) is 13.6 Å². The molecule has 1 saturated carbocycles. The van der Waals surface area contributed by atoms with Gasteiger partial charge in [0.25, 0.3) is 0 Å². The average Bonchev–Trinajstić information content (AvgIpc) is 2.42. The Morgan fingerprint density at radius 3 is 2.30 bits per heavy atom. The van der Waals surface area contributed by atoms with E-state index in [4.69, 9.17) is 5.73 Å². The molecule has 1 amide bonds. The first-order valence-electron chi connectivity index (χ1n) is 6.66. The van der Waals surface area contributed by atoms with Crippen LogP contribution in [-0.2, 0) is 4.79 Å². The molecule has 0 radical (unpaired) electrons. The second-order valence-electron chi connectivity index (χ2n) is 5.19. The van der Waals surface area contributed by atoms with Crippen molar-refractivity contribution in [2.24, 2.45) is 17.6 Å². The monoisotopic (exact) mass is 346 g/mol. The van der Waals surface area contributed by atoms with Crippen LogP contribution in [0.5, 0.6) is 0 Å². The van der Waals surface area contributed by atoms with Crippen molar-refractivity contribution < 1.29 is 13.6 Å². The second-order valence-corrected chi connectivity index (χ2v) is 6.10. The van der Waals surface area contributed by atoms with Gasteiger partial charge in [-0.25, -0.2) is 8.78 Å². The number of hydrogen-bond acceptors (Lipinski definition) is 2. The van der Waals surface area contributed by atoms with Crippen LogP contribution in [0.3, 0.4) is 0 Å². The fraction of sp³-hybridized carbons (Fsp3) is 0.500. The van der Waals surface area contributed by atoms with E-state index >= 15 is 0 Å². The minimum atomic E-state index is -0.777. The van der Waals surface area contributed by atoms with E-state index < -0.39 is 11.6 Å². The first kappa shape index (κ1) is 15.4. The van der Waals surface area contributed by atoms with Gasteiger partial charge in [0, 0.05) is 10.4 Å². The Bertz CT molecular complexity index is 479. The lowest BCUT2D eigenvalue weighted by Gasteiger charge is -2.26. The summed E-state index contributed by atoms with van der Waals surface area (Å²) in [6.07, 6.45) is 3.21. The second kappa shape index (κ2) is 6.63. The lowest BCUT2D eigenvalue weighted by molar-refractivity contribution is -0.121. The summed E-state index contributed by atoms with van der Waals surface area (Å²) in [7, 11) is 0. The predicted octanol–water partition coefficient (Wildman–Crippen LogP) is 3.43. The van der Waals surface area contributed by atoms with Gasteiger partial charge in [0.1, 0.15) is 5.69 Å². The van der Waals surface area contributed by atoms with Crippen LogP contribution in [0, 0.1) is 23.5 Å². The highest BCUT2D eigenvalue weighted by Crippen LogP contribution is 2.30. The molecule has 3 N–H and O–H groups in total. The number of nitrogens with two attached hydrogens (primary N) is 1. The molecule has 3 nitrogen and oxygen atoms in total. The van der Waals surface area contributed by atoms with Crippen LogP contribution in [0.4, 0.5) is 14.5 Å². The van der Waals surface area contributed by atoms with Crippen LogP contribution in [0.25, 0.3) is 0 Å². The maximum atomic E-state index is 13.7. The van der Waals surface area contributed by atoms with E-state index in [1.807, 2.05) is 0 Å². The zero-order chi connectivity index (χ0) is 14.7. The van der Waals surface area contributed by atoms with Gasteiger partial charge in [-0.15, -0.1) is 0 Å². The quantitative estimate of drug-likeness (QED) is 0.880. The molecule has 0 unspecified atom stereocenters. The van der Waals surface area contributed by atoms with Gasteiger partial charge in [-0.2, -0.15) is 0 Å². The van der Waals surface area contributed by atoms with Crippen molar-refractivity contribution in [3.63, 3.8) is 0 Å². The van der Waals surface area contributed by atoms with Gasteiger partial charge in [-0.1, -0.05) is 15.9 Å². The molecule has 1 aliphatic carbocycles. The fourth-order valence-electron chi connectivity index (χ4n) is 2.55. The largest absolute Gasteiger partial charge is 0.330 e. The summed E-state index contributed by atoms with van der Waals surface area (Å²) in [6.45, 7) is 0.629. The summed E-state index contributed by atoms with van der Waals surface area (Å²) >= 11 is 3.00. The van der Waals surface area contributed by atoms with Gasteiger partial charge >= 0.3 is 0 Å². The van der Waals surface area contributed by atoms with Crippen molar-refractivity contribution in [3.05, 3.63) is 28.2 Å². The number of hydrogen-bond donors (Lipinski definition) is 2. The smallest absolute Gasteiger partial charge is 0.227 e. The van der Waals surface area contributed by atoms with E-state index in [0.29, 0.717) is 29.8 Å². The number of anilines is 1. The van der Waals surface area contributed by atoms with E-state index in [1.165, 1.54) is 0 Å². The van der Waals surface area contributed by atoms with Crippen molar-refractivity contribution in [1.82, 2.24) is 0 Å². The average molecular weight is 347 g/mol. The van der Waals surface area contributed by atoms with Gasteiger partial charge in [0.15, 0.2) is 11.6 Å². The highest BCUT2D eigenvalue weighted by Gasteiger charge is 2.26. The van der Waals surface area contributed by atoms with Gasteiger partial charge in [-0.05, 0) is 50.3 Å². The number of rotatable bonds is 3. The number of benzene rings is 1. The van der Waals surface area contributed by atoms with Gasteiger partial charge < -0.3 is 11.1 Å². The first-order chi connectivity index (χ1) is 9.51. The lowest BCUT2D eigenvalue weighted by atomic mass is 9.81. The summed E-state index contributed by atoms with van der Waals surface area (Å²) in [5.74, 6) is -1.61. The molecule has 0 spiro atoms. The topological polar surface area (TPSA) is 55.1 Å². The molecule has 1 aromatic carbocycles. The molecule has 0 aromatic heterocycles. The number of amides is 1. The molecule has 0 heterocycles. The number of nitrogens with one attached hydrogen (secondary N) is 1. The Labute approximate surface area is 125 Å². The van der Waals surface area contributed by atoms with Crippen LogP contribution in [-0.4, -0.2) is 12.5 Å². The number of carbonyl (C=O) groups excluding carboxylic acids is 1. The SMILES string of the molecule is NCC1CCC(C(=O)Nc2c(F)cc(Br)cc2F)CC1. The summed E-state index contributed by atoms with van der Waals surface area (Å²) in [4.78, 5) is 12.1. The van der Waals surface area contributed by atoms with Crippen molar-refractivity contribution in [2.75, 3.05) is 11.9 Å². The van der Waals surface area contributed by atoms with E-state index in [1.54, 1.807) is 0 Å². The minimum Gasteiger partial charge on any atom is -0.330 e. The van der Waals surface area contributed by atoms with Gasteiger partial charge in [0.05, 0.1) is 0 Å². The molecule has 0 aliphatic heterocycles. The molecule has 1 fully saturated rings. The third-order valence-corrected chi connectivity index (χ3v) is 4.26. The van der Waals surface area contributed by atoms with Crippen molar-refractivity contribution in [3.8, 4) is 0 Å². The van der Waals surface area contributed by atoms with Crippen LogP contribution in [0.1, 0.15) is 25.7 Å². The highest BCUT2D eigenvalue weighted by atomic mass is 79.9. The molecular formula is C14H17BrF2N2O. The summed E-state index contributed by atoms with van der Waals surface area (Å²) < 4.78 is 27.6. The van der Waals surface area contributed by atoms with Crippen LogP contribution in [0.15, 0.2) is 16.6 Å². The normalized spacial score (nSPS) is 22.6. The summed E-state index contributed by atoms with van der Waals surface area (Å²) in [6, 6.07) is 2.26. The van der Waals surface area contributed by atoms with Crippen molar-refractivity contribution in [1.29, 1.82) is 0 Å². The third-order valence-electron chi connectivity index (χ3n) is 3.81. The Kier molecular flexibility index (Phi) is 5.10. The molecule has 2 rings (SSSR count). The van der Waals surface area contributed by atoms with Gasteiger partial charge in [0.2, 0.25) is 5.91 Å². The lowest BCUT2D eigenvalue weighted by Crippen LogP contribution is -2.29. The van der Waals surface area contributed by atoms with E-state index in [0.717, 1.165) is 25.0 Å². The summed E-state index contributed by atoms with van der Waals surface area (Å²) in [5.41, 5.74) is 5.22. The number of carbonyl (C=O) groups is 1. The van der Waals surface area contributed by atoms with Gasteiger partial charge in [-0.3, -0.25) is 4.79 Å². The van der Waals surface area contributed by atoms with E-state index in [2.05, 4.69) is 21.2 Å². The zero-order valence-electron chi connectivity index (χ0n) is 11.0. The molecule has 0 bridgehead atoms. The van der Waals surface area contributed by atoms with Crippen molar-refractivity contribution >= 4 is 27.5 Å². The molecule has 1 aliphatic rings. The van der Waals surface area contributed by atoms with Crippen LogP contribution >= 0.6 is 15.9 Å². The summed E-state index contributed by atoms with van der Waals surface area (Å²) in [5, 5.41) is 2.37. The minimum absolute atomic E-state index is 0.194. The highest BCUT2D eigenvalue weighted by molar-refractivity contribution is 9.10. The molecule has 110 valence electrons. The Morgan fingerprint density at radius 2 is 1.80 bits per heavy atom. The Morgan fingerprint density at radius 1 is 1.25 bits per heavy atom. The molecule has 0 saturated heterocycles. The van der Waals surface area contributed by atoms with Crippen LogP contribution < -0.4 is 11.1 Å². The third kappa shape index (κ3) is 3.55. The van der Waals surface area contributed by atoms with Crippen LogP contribution in [0.2, 0.25) is 0 Å². The molecule has 6 heteroatoms. The van der Waals surface area contributed by atoms with Crippen molar-refractivity contribution in [2.45, 2.75) is 25.7 Å². The Balaban J connectivity index is 2.02. The predicted molar refractivity (Wildman–Crippen MR) is 77.2 cm³/mol. The Hall–Kier alpha value is -1.01. The standard InChI is InChI=1S/C14H17BrF2N2O/c15-10-5-11(16)13(12(17)6-10)19-14(20)9-3-1-8(7-18)2-4-9/h5-6,8-9H,1-4,7,18H2,(H,19,20). The fourth-order valence-corrected chi connectivity index (χ4v) is 2.95. The maximum Gasteiger partial charge on any atom is 0.227 e.